The molecule has 6 atom stereocenters. The molecule has 0 radical (unpaired) electrons. The molecule has 1 saturated carbocycles. The molecule has 55 heavy (non-hydrogen) atoms. The van der Waals surface area contributed by atoms with E-state index in [0.29, 0.717) is 39.2 Å². The zero-order valence-electron chi connectivity index (χ0n) is 29.3. The van der Waals surface area contributed by atoms with Crippen molar-refractivity contribution < 1.29 is 33.1 Å². The van der Waals surface area contributed by atoms with Gasteiger partial charge in [0.1, 0.15) is 17.1 Å². The largest absolute Gasteiger partial charge is 0.507 e. The summed E-state index contributed by atoms with van der Waals surface area (Å²) in [4.78, 5) is 65.0. The van der Waals surface area contributed by atoms with Crippen LogP contribution in [0.2, 0.25) is 5.02 Å². The van der Waals surface area contributed by atoms with Gasteiger partial charge in [0, 0.05) is 22.4 Å². The van der Waals surface area contributed by atoms with Crippen LogP contribution in [0.1, 0.15) is 31.2 Å². The summed E-state index contributed by atoms with van der Waals surface area (Å²) in [5, 5.41) is 13.0. The Kier molecular flexibility index (Phi) is 7.26. The molecule has 4 aliphatic rings. The fourth-order valence-electron chi connectivity index (χ4n) is 9.74. The molecule has 1 aromatic heterocycles. The van der Waals surface area contributed by atoms with Crippen LogP contribution >= 0.6 is 11.6 Å². The zero-order valence-corrected chi connectivity index (χ0v) is 30.0. The summed E-state index contributed by atoms with van der Waals surface area (Å²) in [5.41, 5.74) is 2.36. The summed E-state index contributed by atoms with van der Waals surface area (Å²) >= 11 is 6.14. The molecule has 4 amide bonds. The number of fused-ring (bicyclic) bond motifs is 6. The molecule has 9 nitrogen and oxygen atoms in total. The van der Waals surface area contributed by atoms with E-state index in [1.807, 2.05) is 54.6 Å². The number of amides is 4. The van der Waals surface area contributed by atoms with Crippen molar-refractivity contribution in [3.63, 3.8) is 0 Å². The summed E-state index contributed by atoms with van der Waals surface area (Å²) in [6, 6.07) is 29.0. The normalized spacial score (nSPS) is 26.1. The third-order valence-corrected chi connectivity index (χ3v) is 12.6. The summed E-state index contributed by atoms with van der Waals surface area (Å²) in [5.74, 6) is -5.91. The van der Waals surface area contributed by atoms with E-state index >= 15 is 0 Å². The second-order valence-corrected chi connectivity index (χ2v) is 15.4. The van der Waals surface area contributed by atoms with Crippen molar-refractivity contribution in [1.82, 2.24) is 4.98 Å². The van der Waals surface area contributed by atoms with Gasteiger partial charge in [-0.25, -0.2) is 14.3 Å². The highest BCUT2D eigenvalue weighted by atomic mass is 35.5. The first-order chi connectivity index (χ1) is 26.6. The van der Waals surface area contributed by atoms with Crippen LogP contribution in [0.4, 0.5) is 15.8 Å². The molecule has 272 valence electrons. The van der Waals surface area contributed by atoms with Crippen molar-refractivity contribution in [1.29, 1.82) is 0 Å². The van der Waals surface area contributed by atoms with Gasteiger partial charge in [0.25, 0.3) is 0 Å². The zero-order chi connectivity index (χ0) is 37.9. The molecule has 0 bridgehead atoms. The Labute approximate surface area is 318 Å². The number of imide groups is 2. The molecule has 2 aliphatic heterocycles. The van der Waals surface area contributed by atoms with Crippen LogP contribution in [-0.4, -0.2) is 33.7 Å². The molecular weight excluding hydrogens is 721 g/mol. The summed E-state index contributed by atoms with van der Waals surface area (Å²) in [6.45, 7) is 1.73. The minimum absolute atomic E-state index is 0.0234. The van der Waals surface area contributed by atoms with Crippen molar-refractivity contribution in [3.8, 4) is 17.2 Å². The number of nitrogens with zero attached hydrogens (tertiary/aromatic N) is 3. The smallest absolute Gasteiger partial charge is 0.241 e. The maximum atomic E-state index is 14.8. The number of hydrogen-bond acceptors (Lipinski definition) is 7. The second-order valence-electron chi connectivity index (χ2n) is 15.0. The van der Waals surface area contributed by atoms with Gasteiger partial charge in [-0.3, -0.25) is 24.1 Å². The number of aromatic nitrogens is 1. The van der Waals surface area contributed by atoms with Crippen LogP contribution in [0, 0.1) is 34.9 Å². The molecule has 10 rings (SSSR count). The van der Waals surface area contributed by atoms with E-state index in [9.17, 15) is 28.7 Å². The lowest BCUT2D eigenvalue weighted by molar-refractivity contribution is -0.131. The third-order valence-electron chi connectivity index (χ3n) is 12.3. The van der Waals surface area contributed by atoms with E-state index in [2.05, 4.69) is 4.98 Å². The Morgan fingerprint density at radius 2 is 1.58 bits per heavy atom. The maximum Gasteiger partial charge on any atom is 0.241 e. The fraction of sp³-hybridized carbons (Fsp3) is 0.205. The highest BCUT2D eigenvalue weighted by Crippen LogP contribution is 2.65. The average Bonchev–Trinajstić information content (AvgIpc) is 3.80. The minimum Gasteiger partial charge on any atom is -0.507 e. The number of halogens is 2. The lowest BCUT2D eigenvalue weighted by Gasteiger charge is -2.49. The number of allylic oxidation sites excluding steroid dienone is 2. The second kappa shape index (κ2) is 11.9. The number of benzene rings is 5. The predicted octanol–water partition coefficient (Wildman–Crippen LogP) is 8.58. The molecule has 2 saturated heterocycles. The van der Waals surface area contributed by atoms with E-state index < -0.39 is 52.6 Å². The van der Waals surface area contributed by atoms with Gasteiger partial charge >= 0.3 is 0 Å². The summed E-state index contributed by atoms with van der Waals surface area (Å²) in [6.07, 6.45) is 2.30. The molecule has 11 heteroatoms. The van der Waals surface area contributed by atoms with Crippen LogP contribution in [0.3, 0.4) is 0 Å². The highest BCUT2D eigenvalue weighted by Gasteiger charge is 2.68. The van der Waals surface area contributed by atoms with Crippen LogP contribution in [0.25, 0.3) is 33.3 Å². The standard InChI is InChI=1S/C44H31ClFN3O6/c1-44-31(41(52)49(43(44)54)25-15-19-33(46)32(45)20-25)21-30-27(37(44)29-16-12-22-6-2-3-7-26(22)38(29)50)17-18-28-36(30)42(53)48(40(28)51)24-13-10-23(11-14-24)39-47-34-8-4-5-9-35(34)55-39/h2-17,19-20,28,30-31,36-37,50H,18,21H2,1H3. The SMILES string of the molecule is CC12C(=O)N(c3ccc(F)c(Cl)c3)C(=O)C1CC1C(=CCC3C(=O)N(c4ccc(-c5nc6ccccc6o5)cc4)C(=O)C31)C2c1ccc2ccccc2c1O. The summed E-state index contributed by atoms with van der Waals surface area (Å²) < 4.78 is 20.2. The first kappa shape index (κ1) is 33.4. The molecule has 5 aromatic carbocycles. The van der Waals surface area contributed by atoms with Crippen molar-refractivity contribution in [2.45, 2.75) is 25.7 Å². The van der Waals surface area contributed by atoms with Gasteiger partial charge in [0.15, 0.2) is 5.58 Å². The van der Waals surface area contributed by atoms with Crippen molar-refractivity contribution in [3.05, 3.63) is 131 Å². The number of oxazole rings is 1. The molecule has 2 aliphatic carbocycles. The number of phenols is 1. The number of rotatable bonds is 4. The van der Waals surface area contributed by atoms with Crippen LogP contribution in [0.15, 0.2) is 119 Å². The van der Waals surface area contributed by atoms with E-state index in [1.165, 1.54) is 17.0 Å². The molecule has 3 heterocycles. The molecule has 3 fully saturated rings. The Hall–Kier alpha value is -6.13. The number of aromatic hydroxyl groups is 1. The first-order valence-electron chi connectivity index (χ1n) is 18.1. The summed E-state index contributed by atoms with van der Waals surface area (Å²) in [7, 11) is 0. The quantitative estimate of drug-likeness (QED) is 0.142. The monoisotopic (exact) mass is 751 g/mol. The molecule has 1 N–H and O–H groups in total. The van der Waals surface area contributed by atoms with Gasteiger partial charge in [0.2, 0.25) is 29.5 Å². The van der Waals surface area contributed by atoms with Gasteiger partial charge in [-0.1, -0.05) is 71.8 Å². The van der Waals surface area contributed by atoms with Crippen molar-refractivity contribution in [2.75, 3.05) is 9.80 Å². The molecule has 0 spiro atoms. The van der Waals surface area contributed by atoms with Crippen molar-refractivity contribution in [2.24, 2.45) is 29.1 Å². The lowest BCUT2D eigenvalue weighted by atomic mass is 9.51. The van der Waals surface area contributed by atoms with E-state index in [1.54, 1.807) is 43.3 Å². The molecule has 6 aromatic rings. The first-order valence-corrected chi connectivity index (χ1v) is 18.5. The highest BCUT2D eigenvalue weighted by molar-refractivity contribution is 6.32. The predicted molar refractivity (Wildman–Crippen MR) is 204 cm³/mol. The van der Waals surface area contributed by atoms with Crippen LogP contribution in [-0.2, 0) is 19.2 Å². The van der Waals surface area contributed by atoms with Gasteiger partial charge in [-0.05, 0) is 85.7 Å². The van der Waals surface area contributed by atoms with Crippen molar-refractivity contribution >= 4 is 68.5 Å². The number of phenolic OH excluding ortho intramolecular Hbond substituents is 1. The van der Waals surface area contributed by atoms with E-state index in [0.717, 1.165) is 21.9 Å². The van der Waals surface area contributed by atoms with Gasteiger partial charge in [-0.15, -0.1) is 0 Å². The molecular formula is C44H31ClFN3O6. The number of carbonyl (C=O) groups excluding carboxylic acids is 4. The van der Waals surface area contributed by atoms with E-state index in [4.69, 9.17) is 16.0 Å². The Morgan fingerprint density at radius 1 is 0.836 bits per heavy atom. The number of carbonyl (C=O) groups is 4. The lowest BCUT2D eigenvalue weighted by Crippen LogP contribution is -2.48. The Bertz CT molecular complexity index is 2670. The number of anilines is 2. The van der Waals surface area contributed by atoms with Gasteiger partial charge in [-0.2, -0.15) is 0 Å². The van der Waals surface area contributed by atoms with E-state index in [-0.39, 0.29) is 41.1 Å². The van der Waals surface area contributed by atoms with Gasteiger partial charge in [0.05, 0.1) is 39.6 Å². The fourth-order valence-corrected chi connectivity index (χ4v) is 9.91. The Balaban J connectivity index is 1.06. The minimum atomic E-state index is -1.40. The van der Waals surface area contributed by atoms with Gasteiger partial charge < -0.3 is 9.52 Å². The van der Waals surface area contributed by atoms with Crippen LogP contribution in [0.5, 0.6) is 5.75 Å². The number of hydrogen-bond donors (Lipinski definition) is 1. The maximum absolute atomic E-state index is 14.8. The Morgan fingerprint density at radius 3 is 2.36 bits per heavy atom. The number of para-hydroxylation sites is 2. The third kappa shape index (κ3) is 4.67. The average molecular weight is 752 g/mol. The topological polar surface area (TPSA) is 121 Å². The molecule has 6 unspecified atom stereocenters. The van der Waals surface area contributed by atoms with Crippen LogP contribution < -0.4 is 9.80 Å².